The van der Waals surface area contributed by atoms with Gasteiger partial charge in [-0.15, -0.1) is 0 Å². The molecular formula is C23H28N2O6. The summed E-state index contributed by atoms with van der Waals surface area (Å²) in [4.78, 5) is 23.5. The maximum atomic E-state index is 9.55. The molecule has 31 heavy (non-hydrogen) atoms. The lowest BCUT2D eigenvalue weighted by Gasteiger charge is -2.30. The van der Waals surface area contributed by atoms with Crippen LogP contribution in [-0.2, 0) is 9.59 Å². The molecule has 3 N–H and O–H groups in total. The van der Waals surface area contributed by atoms with Crippen LogP contribution in [0.15, 0.2) is 60.8 Å². The number of carbonyl (C=O) groups is 2. The molecule has 1 aromatic heterocycles. The average Bonchev–Trinajstić information content (AvgIpc) is 2.79. The second-order valence-corrected chi connectivity index (χ2v) is 6.90. The van der Waals surface area contributed by atoms with Crippen LogP contribution < -0.4 is 14.8 Å². The third kappa shape index (κ3) is 8.88. The van der Waals surface area contributed by atoms with E-state index in [0.717, 1.165) is 25.3 Å². The Morgan fingerprint density at radius 3 is 2.45 bits per heavy atom. The number of pyridine rings is 1. The largest absolute Gasteiger partial charge is 0.484 e. The van der Waals surface area contributed by atoms with Gasteiger partial charge in [-0.3, -0.25) is 0 Å². The molecule has 1 aliphatic heterocycles. The van der Waals surface area contributed by atoms with Gasteiger partial charge in [0.05, 0.1) is 0 Å². The van der Waals surface area contributed by atoms with Crippen molar-refractivity contribution in [2.45, 2.75) is 32.3 Å². The van der Waals surface area contributed by atoms with E-state index in [9.17, 15) is 9.59 Å². The van der Waals surface area contributed by atoms with Gasteiger partial charge in [-0.25, -0.2) is 14.6 Å². The van der Waals surface area contributed by atoms with E-state index in [1.807, 2.05) is 42.5 Å². The molecule has 8 nitrogen and oxygen atoms in total. The number of aliphatic carboxylic acids is 2. The number of carboxylic acid groups (broad SMARTS) is 2. The Labute approximate surface area is 181 Å². The third-order valence-corrected chi connectivity index (χ3v) is 4.60. The zero-order chi connectivity index (χ0) is 22.5. The van der Waals surface area contributed by atoms with Gasteiger partial charge in [0, 0.05) is 30.8 Å². The van der Waals surface area contributed by atoms with E-state index in [-0.39, 0.29) is 6.10 Å². The molecule has 2 aromatic rings. The summed E-state index contributed by atoms with van der Waals surface area (Å²) < 4.78 is 12.2. The van der Waals surface area contributed by atoms with E-state index in [1.165, 1.54) is 12.8 Å². The number of piperidine rings is 1. The highest BCUT2D eigenvalue weighted by molar-refractivity contribution is 5.89. The molecule has 1 aliphatic rings. The van der Waals surface area contributed by atoms with Crippen molar-refractivity contribution >= 4 is 11.9 Å². The highest BCUT2D eigenvalue weighted by Gasteiger charge is 2.25. The van der Waals surface area contributed by atoms with Crippen LogP contribution in [0.3, 0.4) is 0 Å². The second-order valence-electron chi connectivity index (χ2n) is 6.90. The molecule has 0 unspecified atom stereocenters. The number of benzene rings is 1. The normalized spacial score (nSPS) is 16.6. The number of nitrogens with one attached hydrogen (secondary N) is 1. The van der Waals surface area contributed by atoms with Crippen molar-refractivity contribution in [2.75, 3.05) is 13.1 Å². The minimum Gasteiger partial charge on any atom is -0.484 e. The van der Waals surface area contributed by atoms with Gasteiger partial charge in [0.1, 0.15) is 11.9 Å². The molecular weight excluding hydrogens is 400 g/mol. The topological polar surface area (TPSA) is 118 Å². The van der Waals surface area contributed by atoms with Crippen LogP contribution >= 0.6 is 0 Å². The fourth-order valence-corrected chi connectivity index (χ4v) is 3.16. The van der Waals surface area contributed by atoms with Crippen LogP contribution in [0.5, 0.6) is 17.4 Å². The number of ether oxygens (including phenoxy) is 2. The standard InChI is InChI=1S/C19H24N2O2.C4H4O4/c1-2-17(15-8-6-12-20-14-15)23-18-11-7-13-21-19(18)22-16-9-4-3-5-10-16;5-3(6)1-2-4(7)8/h3-5,7,9-11,13,15,17,20H,2,6,8,12,14H2,1H3;1-2H,(H,5,6)(H,7,8)/b;2-1+/t15-,17-;/m0./s1. The monoisotopic (exact) mass is 428 g/mol. The molecule has 166 valence electrons. The fourth-order valence-electron chi connectivity index (χ4n) is 3.16. The van der Waals surface area contributed by atoms with E-state index in [1.54, 1.807) is 6.20 Å². The number of rotatable bonds is 8. The first kappa shape index (κ1) is 23.9. The maximum absolute atomic E-state index is 9.55. The van der Waals surface area contributed by atoms with E-state index < -0.39 is 11.9 Å². The van der Waals surface area contributed by atoms with Crippen LogP contribution in [0, 0.1) is 5.92 Å². The summed E-state index contributed by atoms with van der Waals surface area (Å²) in [5.41, 5.74) is 0. The number of aromatic nitrogens is 1. The van der Waals surface area contributed by atoms with Crippen molar-refractivity contribution in [1.82, 2.24) is 10.3 Å². The van der Waals surface area contributed by atoms with Crippen molar-refractivity contribution in [3.63, 3.8) is 0 Å². The van der Waals surface area contributed by atoms with E-state index in [2.05, 4.69) is 17.2 Å². The van der Waals surface area contributed by atoms with Crippen molar-refractivity contribution < 1.29 is 29.3 Å². The number of hydrogen-bond acceptors (Lipinski definition) is 6. The lowest BCUT2D eigenvalue weighted by Crippen LogP contribution is -2.39. The summed E-state index contributed by atoms with van der Waals surface area (Å²) in [6, 6.07) is 13.5. The third-order valence-electron chi connectivity index (χ3n) is 4.60. The predicted octanol–water partition coefficient (Wildman–Crippen LogP) is 3.74. The molecule has 0 saturated carbocycles. The van der Waals surface area contributed by atoms with Crippen molar-refractivity contribution in [2.24, 2.45) is 5.92 Å². The molecule has 2 heterocycles. The molecule has 0 radical (unpaired) electrons. The summed E-state index contributed by atoms with van der Waals surface area (Å²) in [7, 11) is 0. The minimum atomic E-state index is -1.26. The summed E-state index contributed by atoms with van der Waals surface area (Å²) >= 11 is 0. The Kier molecular flexibility index (Phi) is 10.0. The van der Waals surface area contributed by atoms with Gasteiger partial charge in [-0.2, -0.15) is 0 Å². The molecule has 8 heteroatoms. The quantitative estimate of drug-likeness (QED) is 0.544. The Morgan fingerprint density at radius 1 is 1.16 bits per heavy atom. The Bertz CT molecular complexity index is 834. The zero-order valence-electron chi connectivity index (χ0n) is 17.4. The lowest BCUT2D eigenvalue weighted by atomic mass is 9.92. The number of carboxylic acids is 2. The first-order chi connectivity index (χ1) is 15.0. The van der Waals surface area contributed by atoms with Crippen LogP contribution in [0.25, 0.3) is 0 Å². The van der Waals surface area contributed by atoms with Gasteiger partial charge < -0.3 is 25.0 Å². The average molecular weight is 428 g/mol. The van der Waals surface area contributed by atoms with Gasteiger partial charge in [0.15, 0.2) is 5.75 Å². The van der Waals surface area contributed by atoms with E-state index >= 15 is 0 Å². The highest BCUT2D eigenvalue weighted by atomic mass is 16.5. The molecule has 1 aromatic carbocycles. The first-order valence-electron chi connectivity index (χ1n) is 10.2. The molecule has 2 atom stereocenters. The van der Waals surface area contributed by atoms with Gasteiger partial charge in [-0.05, 0) is 50.1 Å². The summed E-state index contributed by atoms with van der Waals surface area (Å²) in [5.74, 6) is 0.0384. The summed E-state index contributed by atoms with van der Waals surface area (Å²) in [6.45, 7) is 4.31. The molecule has 0 aliphatic carbocycles. The van der Waals surface area contributed by atoms with Crippen molar-refractivity contribution in [3.05, 3.63) is 60.8 Å². The van der Waals surface area contributed by atoms with E-state index in [0.29, 0.717) is 29.7 Å². The van der Waals surface area contributed by atoms with Crippen LogP contribution in [-0.4, -0.2) is 46.3 Å². The lowest BCUT2D eigenvalue weighted by molar-refractivity contribution is -0.134. The Balaban J connectivity index is 0.000000366. The fraction of sp³-hybridized carbons (Fsp3) is 0.348. The molecule has 1 saturated heterocycles. The van der Waals surface area contributed by atoms with Gasteiger partial charge in [0.25, 0.3) is 5.88 Å². The van der Waals surface area contributed by atoms with Crippen LogP contribution in [0.1, 0.15) is 26.2 Å². The maximum Gasteiger partial charge on any atom is 0.328 e. The minimum absolute atomic E-state index is 0.185. The molecule has 0 bridgehead atoms. The number of para-hydroxylation sites is 1. The van der Waals surface area contributed by atoms with Gasteiger partial charge in [0.2, 0.25) is 0 Å². The van der Waals surface area contributed by atoms with Crippen molar-refractivity contribution in [1.29, 1.82) is 0 Å². The van der Waals surface area contributed by atoms with Crippen LogP contribution in [0.4, 0.5) is 0 Å². The molecule has 3 rings (SSSR count). The van der Waals surface area contributed by atoms with Gasteiger partial charge in [-0.1, -0.05) is 25.1 Å². The Morgan fingerprint density at radius 2 is 1.87 bits per heavy atom. The highest BCUT2D eigenvalue weighted by Crippen LogP contribution is 2.31. The zero-order valence-corrected chi connectivity index (χ0v) is 17.4. The summed E-state index contributed by atoms with van der Waals surface area (Å²) in [6.07, 6.45) is 6.43. The Hall–Kier alpha value is -3.39. The van der Waals surface area contributed by atoms with Gasteiger partial charge >= 0.3 is 11.9 Å². The van der Waals surface area contributed by atoms with E-state index in [4.69, 9.17) is 19.7 Å². The van der Waals surface area contributed by atoms with Crippen LogP contribution in [0.2, 0.25) is 0 Å². The molecule has 0 spiro atoms. The smallest absolute Gasteiger partial charge is 0.328 e. The second kappa shape index (κ2) is 13.0. The summed E-state index contributed by atoms with van der Waals surface area (Å²) in [5, 5.41) is 19.1. The molecule has 0 amide bonds. The predicted molar refractivity (Wildman–Crippen MR) is 115 cm³/mol. The molecule has 1 fully saturated rings. The SMILES string of the molecule is CC[C@H](Oc1cccnc1Oc1ccccc1)[C@H]1CCCNC1.O=C(O)/C=C/C(=O)O. The number of hydrogen-bond donors (Lipinski definition) is 3. The van der Waals surface area contributed by atoms with Crippen molar-refractivity contribution in [3.8, 4) is 17.4 Å². The number of nitrogens with zero attached hydrogens (tertiary/aromatic N) is 1. The first-order valence-corrected chi connectivity index (χ1v) is 10.2.